The van der Waals surface area contributed by atoms with E-state index in [-0.39, 0.29) is 24.3 Å². The Morgan fingerprint density at radius 2 is 1.72 bits per heavy atom. The van der Waals surface area contributed by atoms with Crippen molar-refractivity contribution in [3.05, 3.63) is 0 Å². The van der Waals surface area contributed by atoms with Gasteiger partial charge in [0.2, 0.25) is 11.8 Å². The van der Waals surface area contributed by atoms with Gasteiger partial charge in [0.15, 0.2) is 0 Å². The van der Waals surface area contributed by atoms with Crippen molar-refractivity contribution in [1.82, 2.24) is 20.0 Å². The van der Waals surface area contributed by atoms with Crippen LogP contribution in [-0.2, 0) is 9.59 Å². The van der Waals surface area contributed by atoms with E-state index in [1.54, 1.807) is 0 Å². The van der Waals surface area contributed by atoms with Crippen molar-refractivity contribution in [3.63, 3.8) is 0 Å². The highest BCUT2D eigenvalue weighted by Crippen LogP contribution is 2.30. The molecule has 1 N–H and O–H groups in total. The Labute approximate surface area is 151 Å². The number of likely N-dealkylation sites (N-methyl/N-ethyl adjacent to an activating group) is 1. The smallest absolute Gasteiger partial charge is 0.242 e. The van der Waals surface area contributed by atoms with Crippen LogP contribution in [0.25, 0.3) is 0 Å². The number of hydrogen-bond acceptors (Lipinski definition) is 4. The fraction of sp³-hybridized carbons (Fsp3) is 0.895. The summed E-state index contributed by atoms with van der Waals surface area (Å²) in [5.74, 6) is 1.05. The van der Waals surface area contributed by atoms with E-state index in [0.717, 1.165) is 70.9 Å². The Morgan fingerprint density at radius 1 is 1.00 bits per heavy atom. The highest BCUT2D eigenvalue weighted by atomic mass is 16.2. The van der Waals surface area contributed by atoms with Gasteiger partial charge in [0.05, 0.1) is 6.54 Å². The quantitative estimate of drug-likeness (QED) is 0.814. The molecule has 3 fully saturated rings. The molecule has 1 aliphatic carbocycles. The molecule has 3 aliphatic rings. The first-order valence-corrected chi connectivity index (χ1v) is 10.0. The predicted octanol–water partition coefficient (Wildman–Crippen LogP) is 0.777. The minimum Gasteiger partial charge on any atom is -0.347 e. The molecular formula is C19H34N4O2. The molecule has 1 saturated carbocycles. The molecule has 0 aromatic carbocycles. The summed E-state index contributed by atoms with van der Waals surface area (Å²) >= 11 is 0. The van der Waals surface area contributed by atoms with Crippen molar-refractivity contribution in [1.29, 1.82) is 0 Å². The third kappa shape index (κ3) is 4.73. The number of hydrogen-bond donors (Lipinski definition) is 1. The molecule has 2 aliphatic heterocycles. The number of carbonyl (C=O) groups is 2. The van der Waals surface area contributed by atoms with Crippen LogP contribution in [0.15, 0.2) is 0 Å². The fourth-order valence-corrected chi connectivity index (χ4v) is 4.59. The Bertz CT molecular complexity index is 476. The minimum atomic E-state index is 0.0727. The molecule has 0 radical (unpaired) electrons. The second-order valence-corrected chi connectivity index (χ2v) is 8.14. The van der Waals surface area contributed by atoms with E-state index in [0.29, 0.717) is 6.04 Å². The first kappa shape index (κ1) is 18.6. The Hall–Kier alpha value is -1.14. The average Bonchev–Trinajstić information content (AvgIpc) is 2.65. The molecule has 0 spiro atoms. The number of carbonyl (C=O) groups excluding carboxylic acids is 2. The maximum Gasteiger partial charge on any atom is 0.242 e. The van der Waals surface area contributed by atoms with E-state index >= 15 is 0 Å². The van der Waals surface area contributed by atoms with Gasteiger partial charge in [-0.15, -0.1) is 0 Å². The molecule has 6 nitrogen and oxygen atoms in total. The van der Waals surface area contributed by atoms with Crippen molar-refractivity contribution in [2.45, 2.75) is 45.1 Å². The normalized spacial score (nSPS) is 31.4. The summed E-state index contributed by atoms with van der Waals surface area (Å²) in [4.78, 5) is 31.6. The monoisotopic (exact) mass is 350 g/mol. The molecule has 0 aromatic rings. The zero-order valence-corrected chi connectivity index (χ0v) is 15.9. The molecule has 2 amide bonds. The molecule has 2 heterocycles. The van der Waals surface area contributed by atoms with Crippen LogP contribution in [0, 0.1) is 11.8 Å². The lowest BCUT2D eigenvalue weighted by Crippen LogP contribution is -2.62. The predicted molar refractivity (Wildman–Crippen MR) is 98.2 cm³/mol. The van der Waals surface area contributed by atoms with Gasteiger partial charge in [-0.1, -0.05) is 13.3 Å². The third-order valence-corrected chi connectivity index (χ3v) is 6.46. The minimum absolute atomic E-state index is 0.0727. The van der Waals surface area contributed by atoms with Crippen molar-refractivity contribution >= 4 is 11.8 Å². The van der Waals surface area contributed by atoms with Gasteiger partial charge in [-0.05, 0) is 38.6 Å². The van der Waals surface area contributed by atoms with E-state index in [2.05, 4.69) is 29.1 Å². The summed E-state index contributed by atoms with van der Waals surface area (Å²) in [6.07, 6.45) is 5.48. The zero-order valence-electron chi connectivity index (χ0n) is 15.9. The Morgan fingerprint density at radius 3 is 2.44 bits per heavy atom. The van der Waals surface area contributed by atoms with Crippen LogP contribution in [0.5, 0.6) is 0 Å². The number of nitrogens with one attached hydrogen (secondary N) is 1. The van der Waals surface area contributed by atoms with Crippen LogP contribution in [0.4, 0.5) is 0 Å². The number of amides is 2. The molecule has 6 heteroatoms. The van der Waals surface area contributed by atoms with Crippen LogP contribution in [0.2, 0.25) is 0 Å². The SMILES string of the molecule is CCC1CCC(C(=O)NCC(=O)N2CCN3CCN(C)CC3C2)CC1. The summed E-state index contributed by atoms with van der Waals surface area (Å²) in [6.45, 7) is 8.16. The van der Waals surface area contributed by atoms with E-state index in [4.69, 9.17) is 0 Å². The maximum atomic E-state index is 12.5. The zero-order chi connectivity index (χ0) is 17.8. The van der Waals surface area contributed by atoms with E-state index in [1.807, 2.05) is 4.90 Å². The second kappa shape index (κ2) is 8.49. The third-order valence-electron chi connectivity index (χ3n) is 6.46. The largest absolute Gasteiger partial charge is 0.347 e. The molecule has 2 saturated heterocycles. The van der Waals surface area contributed by atoms with Gasteiger partial charge in [-0.3, -0.25) is 14.5 Å². The fourth-order valence-electron chi connectivity index (χ4n) is 4.59. The summed E-state index contributed by atoms with van der Waals surface area (Å²) < 4.78 is 0. The van der Waals surface area contributed by atoms with Crippen LogP contribution in [0.1, 0.15) is 39.0 Å². The summed E-state index contributed by atoms with van der Waals surface area (Å²) in [6, 6.07) is 0.441. The van der Waals surface area contributed by atoms with Crippen molar-refractivity contribution < 1.29 is 9.59 Å². The number of nitrogens with zero attached hydrogens (tertiary/aromatic N) is 3. The van der Waals surface area contributed by atoms with Crippen LogP contribution in [-0.4, -0.2) is 85.4 Å². The highest BCUT2D eigenvalue weighted by Gasteiger charge is 2.33. The Kier molecular flexibility index (Phi) is 6.34. The molecule has 3 rings (SSSR count). The van der Waals surface area contributed by atoms with E-state index in [9.17, 15) is 9.59 Å². The van der Waals surface area contributed by atoms with Gasteiger partial charge in [-0.2, -0.15) is 0 Å². The van der Waals surface area contributed by atoms with Crippen LogP contribution >= 0.6 is 0 Å². The summed E-state index contributed by atoms with van der Waals surface area (Å²) in [7, 11) is 2.14. The summed E-state index contributed by atoms with van der Waals surface area (Å²) in [5, 5.41) is 2.91. The van der Waals surface area contributed by atoms with Crippen LogP contribution < -0.4 is 5.32 Å². The lowest BCUT2D eigenvalue weighted by molar-refractivity contribution is -0.137. The van der Waals surface area contributed by atoms with Crippen molar-refractivity contribution in [3.8, 4) is 0 Å². The van der Waals surface area contributed by atoms with E-state index in [1.165, 1.54) is 6.42 Å². The lowest BCUT2D eigenvalue weighted by atomic mass is 9.80. The van der Waals surface area contributed by atoms with E-state index < -0.39 is 0 Å². The average molecular weight is 351 g/mol. The molecule has 1 atom stereocenters. The standard InChI is InChI=1S/C19H34N4O2/c1-3-15-4-6-16(7-5-15)19(25)20-12-18(24)23-11-10-22-9-8-21(2)13-17(22)14-23/h15-17H,3-14H2,1-2H3,(H,20,25). The van der Waals surface area contributed by atoms with Crippen LogP contribution in [0.3, 0.4) is 0 Å². The summed E-state index contributed by atoms with van der Waals surface area (Å²) in [5.41, 5.74) is 0. The first-order chi connectivity index (χ1) is 12.1. The van der Waals surface area contributed by atoms with Gasteiger partial charge in [0.25, 0.3) is 0 Å². The lowest BCUT2D eigenvalue weighted by Gasteiger charge is -2.46. The Balaban J connectivity index is 1.41. The van der Waals surface area contributed by atoms with Gasteiger partial charge < -0.3 is 15.1 Å². The topological polar surface area (TPSA) is 55.9 Å². The van der Waals surface area contributed by atoms with Crippen molar-refractivity contribution in [2.24, 2.45) is 11.8 Å². The molecule has 1 unspecified atom stereocenters. The molecule has 0 bridgehead atoms. The van der Waals surface area contributed by atoms with Gasteiger partial charge >= 0.3 is 0 Å². The van der Waals surface area contributed by atoms with Crippen molar-refractivity contribution in [2.75, 3.05) is 52.9 Å². The maximum absolute atomic E-state index is 12.5. The molecular weight excluding hydrogens is 316 g/mol. The number of piperazine rings is 2. The first-order valence-electron chi connectivity index (χ1n) is 10.0. The molecule has 0 aromatic heterocycles. The highest BCUT2D eigenvalue weighted by molar-refractivity contribution is 5.86. The van der Waals surface area contributed by atoms with Gasteiger partial charge in [0.1, 0.15) is 0 Å². The second-order valence-electron chi connectivity index (χ2n) is 8.14. The van der Waals surface area contributed by atoms with Gasteiger partial charge in [0, 0.05) is 51.2 Å². The molecule has 25 heavy (non-hydrogen) atoms. The van der Waals surface area contributed by atoms with Gasteiger partial charge in [-0.25, -0.2) is 0 Å². The number of fused-ring (bicyclic) bond motifs is 1. The number of rotatable bonds is 4. The molecule has 142 valence electrons.